The van der Waals surface area contributed by atoms with E-state index >= 15 is 0 Å². The molecule has 3 nitrogen and oxygen atoms in total. The molecule has 0 amide bonds. The molecule has 0 saturated heterocycles. The standard InChI is InChI=1S/C15H16Cl2N2O/c1-20-14-8-3-2-6-12(14)18-9-10-19-13-7-4-5-11(16)15(13)17/h2-8,18-19H,9-10H2,1H3. The van der Waals surface area contributed by atoms with Gasteiger partial charge in [0.25, 0.3) is 0 Å². The summed E-state index contributed by atoms with van der Waals surface area (Å²) in [6.45, 7) is 1.46. The molecule has 0 aliphatic heterocycles. The second-order valence-electron chi connectivity index (χ2n) is 4.16. The molecule has 2 N–H and O–H groups in total. The van der Waals surface area contributed by atoms with Gasteiger partial charge in [0.1, 0.15) is 5.75 Å². The second-order valence-corrected chi connectivity index (χ2v) is 4.94. The molecule has 0 unspecified atom stereocenters. The molecule has 5 heteroatoms. The van der Waals surface area contributed by atoms with E-state index in [4.69, 9.17) is 27.9 Å². The van der Waals surface area contributed by atoms with Crippen LogP contribution < -0.4 is 15.4 Å². The highest BCUT2D eigenvalue weighted by molar-refractivity contribution is 6.43. The summed E-state index contributed by atoms with van der Waals surface area (Å²) < 4.78 is 5.27. The van der Waals surface area contributed by atoms with Gasteiger partial charge in [0.05, 0.1) is 28.5 Å². The van der Waals surface area contributed by atoms with Gasteiger partial charge in [-0.3, -0.25) is 0 Å². The number of hydrogen-bond acceptors (Lipinski definition) is 3. The average molecular weight is 311 g/mol. The van der Waals surface area contributed by atoms with Crippen LogP contribution in [0.4, 0.5) is 11.4 Å². The number of ether oxygens (including phenoxy) is 1. The van der Waals surface area contributed by atoms with Crippen molar-refractivity contribution < 1.29 is 4.74 Å². The lowest BCUT2D eigenvalue weighted by Crippen LogP contribution is -2.14. The molecule has 0 aliphatic carbocycles. The molecule has 2 aromatic rings. The van der Waals surface area contributed by atoms with E-state index in [-0.39, 0.29) is 0 Å². The fourth-order valence-corrected chi connectivity index (χ4v) is 2.19. The van der Waals surface area contributed by atoms with Crippen molar-refractivity contribution in [3.05, 3.63) is 52.5 Å². The van der Waals surface area contributed by atoms with Crippen molar-refractivity contribution >= 4 is 34.6 Å². The van der Waals surface area contributed by atoms with Gasteiger partial charge in [-0.2, -0.15) is 0 Å². The molecule has 0 radical (unpaired) electrons. The smallest absolute Gasteiger partial charge is 0.141 e. The summed E-state index contributed by atoms with van der Waals surface area (Å²) in [6, 6.07) is 13.3. The summed E-state index contributed by atoms with van der Waals surface area (Å²) in [5.41, 5.74) is 1.80. The number of methoxy groups -OCH3 is 1. The van der Waals surface area contributed by atoms with Crippen molar-refractivity contribution in [1.82, 2.24) is 0 Å². The van der Waals surface area contributed by atoms with Gasteiger partial charge in [-0.1, -0.05) is 41.4 Å². The Morgan fingerprint density at radius 3 is 2.30 bits per heavy atom. The molecular formula is C15H16Cl2N2O. The van der Waals surface area contributed by atoms with Gasteiger partial charge in [-0.25, -0.2) is 0 Å². The number of nitrogens with one attached hydrogen (secondary N) is 2. The van der Waals surface area contributed by atoms with Gasteiger partial charge in [-0.15, -0.1) is 0 Å². The molecule has 106 valence electrons. The molecule has 2 aromatic carbocycles. The summed E-state index contributed by atoms with van der Waals surface area (Å²) in [5.74, 6) is 0.827. The summed E-state index contributed by atoms with van der Waals surface area (Å²) in [7, 11) is 1.66. The van der Waals surface area contributed by atoms with Crippen LogP contribution >= 0.6 is 23.2 Å². The fourth-order valence-electron chi connectivity index (χ4n) is 1.83. The van der Waals surface area contributed by atoms with E-state index in [1.807, 2.05) is 36.4 Å². The van der Waals surface area contributed by atoms with Gasteiger partial charge in [-0.05, 0) is 24.3 Å². The van der Waals surface area contributed by atoms with E-state index in [0.717, 1.165) is 30.2 Å². The zero-order valence-corrected chi connectivity index (χ0v) is 12.6. The number of hydrogen-bond donors (Lipinski definition) is 2. The normalized spacial score (nSPS) is 10.2. The Hall–Kier alpha value is -1.58. The topological polar surface area (TPSA) is 33.3 Å². The van der Waals surface area contributed by atoms with Gasteiger partial charge >= 0.3 is 0 Å². The van der Waals surface area contributed by atoms with Crippen LogP contribution in [0.25, 0.3) is 0 Å². The maximum atomic E-state index is 6.10. The Morgan fingerprint density at radius 2 is 1.55 bits per heavy atom. The van der Waals surface area contributed by atoms with Crippen LogP contribution in [-0.4, -0.2) is 20.2 Å². The highest BCUT2D eigenvalue weighted by Crippen LogP contribution is 2.29. The third-order valence-corrected chi connectivity index (χ3v) is 3.63. The molecule has 2 rings (SSSR count). The Labute approximate surface area is 128 Å². The Balaban J connectivity index is 1.86. The van der Waals surface area contributed by atoms with Crippen molar-refractivity contribution in [3.8, 4) is 5.75 Å². The van der Waals surface area contributed by atoms with Crippen molar-refractivity contribution in [3.63, 3.8) is 0 Å². The minimum atomic E-state index is 0.548. The first-order valence-corrected chi connectivity index (χ1v) is 7.02. The molecule has 20 heavy (non-hydrogen) atoms. The number of halogens is 2. The van der Waals surface area contributed by atoms with Crippen LogP contribution in [0.1, 0.15) is 0 Å². The van der Waals surface area contributed by atoms with Gasteiger partial charge in [0.2, 0.25) is 0 Å². The third kappa shape index (κ3) is 3.71. The zero-order valence-electron chi connectivity index (χ0n) is 11.1. The van der Waals surface area contributed by atoms with Gasteiger partial charge in [0.15, 0.2) is 0 Å². The van der Waals surface area contributed by atoms with Crippen molar-refractivity contribution in [2.45, 2.75) is 0 Å². The minimum Gasteiger partial charge on any atom is -0.495 e. The van der Waals surface area contributed by atoms with Crippen LogP contribution in [0.3, 0.4) is 0 Å². The molecule has 0 aromatic heterocycles. The zero-order chi connectivity index (χ0) is 14.4. The maximum absolute atomic E-state index is 6.10. The van der Waals surface area contributed by atoms with Crippen molar-refractivity contribution in [2.24, 2.45) is 0 Å². The third-order valence-electron chi connectivity index (χ3n) is 2.81. The molecular weight excluding hydrogens is 295 g/mol. The molecule has 0 atom stereocenters. The van der Waals surface area contributed by atoms with E-state index < -0.39 is 0 Å². The lowest BCUT2D eigenvalue weighted by molar-refractivity contribution is 0.416. The average Bonchev–Trinajstić information content (AvgIpc) is 2.48. The first-order valence-electron chi connectivity index (χ1n) is 6.27. The number of anilines is 2. The highest BCUT2D eigenvalue weighted by atomic mass is 35.5. The summed E-state index contributed by atoms with van der Waals surface area (Å²) in [5, 5.41) is 7.64. The monoisotopic (exact) mass is 310 g/mol. The second kappa shape index (κ2) is 7.27. The van der Waals surface area contributed by atoms with Gasteiger partial charge < -0.3 is 15.4 Å². The van der Waals surface area contributed by atoms with Crippen molar-refractivity contribution in [1.29, 1.82) is 0 Å². The lowest BCUT2D eigenvalue weighted by atomic mass is 10.3. The number of benzene rings is 2. The van der Waals surface area contributed by atoms with E-state index in [9.17, 15) is 0 Å². The lowest BCUT2D eigenvalue weighted by Gasteiger charge is -2.12. The predicted molar refractivity (Wildman–Crippen MR) is 86.4 cm³/mol. The van der Waals surface area contributed by atoms with E-state index in [0.29, 0.717) is 10.0 Å². The first kappa shape index (κ1) is 14.8. The fraction of sp³-hybridized carbons (Fsp3) is 0.200. The van der Waals surface area contributed by atoms with E-state index in [1.54, 1.807) is 13.2 Å². The molecule has 0 fully saturated rings. The summed E-state index contributed by atoms with van der Waals surface area (Å²) in [6.07, 6.45) is 0. The van der Waals surface area contributed by atoms with Crippen LogP contribution in [-0.2, 0) is 0 Å². The Kier molecular flexibility index (Phi) is 5.39. The first-order chi connectivity index (χ1) is 9.72. The summed E-state index contributed by atoms with van der Waals surface area (Å²) in [4.78, 5) is 0. The molecule has 0 aliphatic rings. The summed E-state index contributed by atoms with van der Waals surface area (Å²) >= 11 is 12.1. The van der Waals surface area contributed by atoms with Crippen LogP contribution in [0.2, 0.25) is 10.0 Å². The van der Waals surface area contributed by atoms with Crippen LogP contribution in [0.5, 0.6) is 5.75 Å². The van der Waals surface area contributed by atoms with E-state index in [1.165, 1.54) is 0 Å². The van der Waals surface area contributed by atoms with Crippen molar-refractivity contribution in [2.75, 3.05) is 30.8 Å². The SMILES string of the molecule is COc1ccccc1NCCNc1cccc(Cl)c1Cl. The minimum absolute atomic E-state index is 0.548. The maximum Gasteiger partial charge on any atom is 0.141 e. The molecule has 0 saturated carbocycles. The van der Waals surface area contributed by atoms with E-state index in [2.05, 4.69) is 10.6 Å². The predicted octanol–water partition coefficient (Wildman–Crippen LogP) is 4.53. The Bertz CT molecular complexity index is 576. The quantitative estimate of drug-likeness (QED) is 0.769. The largest absolute Gasteiger partial charge is 0.495 e. The molecule has 0 bridgehead atoms. The Morgan fingerprint density at radius 1 is 0.900 bits per heavy atom. The van der Waals surface area contributed by atoms with Crippen LogP contribution in [0, 0.1) is 0 Å². The number of rotatable bonds is 6. The van der Waals surface area contributed by atoms with Gasteiger partial charge in [0, 0.05) is 13.1 Å². The number of para-hydroxylation sites is 2. The molecule has 0 spiro atoms. The van der Waals surface area contributed by atoms with Crippen LogP contribution in [0.15, 0.2) is 42.5 Å². The molecule has 0 heterocycles. The highest BCUT2D eigenvalue weighted by Gasteiger charge is 2.03.